The van der Waals surface area contributed by atoms with E-state index in [9.17, 15) is 13.2 Å². The Morgan fingerprint density at radius 1 is 1.29 bits per heavy atom. The highest BCUT2D eigenvalue weighted by Gasteiger charge is 2.29. The summed E-state index contributed by atoms with van der Waals surface area (Å²) in [5, 5.41) is 3.26. The molecule has 21 heavy (non-hydrogen) atoms. The Hall–Kier alpha value is -0.700. The van der Waals surface area contributed by atoms with Crippen molar-refractivity contribution in [1.82, 2.24) is 14.5 Å². The van der Waals surface area contributed by atoms with Gasteiger partial charge in [0.1, 0.15) is 0 Å². The van der Waals surface area contributed by atoms with Crippen LogP contribution in [0.2, 0.25) is 0 Å². The van der Waals surface area contributed by atoms with Crippen LogP contribution in [0.3, 0.4) is 0 Å². The van der Waals surface area contributed by atoms with E-state index in [2.05, 4.69) is 5.32 Å². The van der Waals surface area contributed by atoms with Gasteiger partial charge < -0.3 is 15.0 Å². The number of carbonyl (C=O) groups excluding carboxylic acids is 1. The molecule has 0 spiro atoms. The van der Waals surface area contributed by atoms with E-state index in [0.717, 1.165) is 6.54 Å². The van der Waals surface area contributed by atoms with E-state index >= 15 is 0 Å². The van der Waals surface area contributed by atoms with Crippen molar-refractivity contribution in [3.8, 4) is 0 Å². The molecule has 0 aromatic carbocycles. The number of nitrogens with zero attached hydrogens (tertiary/aromatic N) is 2. The normalized spacial score (nSPS) is 25.0. The number of nitrogens with one attached hydrogen (secondary N) is 1. The molecule has 1 N–H and O–H groups in total. The van der Waals surface area contributed by atoms with Crippen LogP contribution in [-0.2, 0) is 19.6 Å². The quantitative estimate of drug-likeness (QED) is 0.721. The fourth-order valence-electron chi connectivity index (χ4n) is 2.69. The van der Waals surface area contributed by atoms with Gasteiger partial charge in [-0.25, -0.2) is 8.42 Å². The maximum absolute atomic E-state index is 12.2. The minimum atomic E-state index is -3.15. The monoisotopic (exact) mass is 319 g/mol. The highest BCUT2D eigenvalue weighted by atomic mass is 32.2. The standard InChI is InChI=1S/C13H25N3O4S/c1-2-9-21(18,19)16-6-4-15(5-7-16)13(17)10-12-11-20-8-3-14-12/h12,14H,2-11H2,1H3. The van der Waals surface area contributed by atoms with Crippen LogP contribution in [0.25, 0.3) is 0 Å². The molecule has 2 heterocycles. The van der Waals surface area contributed by atoms with Crippen LogP contribution in [0, 0.1) is 0 Å². The van der Waals surface area contributed by atoms with Gasteiger partial charge in [-0.2, -0.15) is 4.31 Å². The third-order valence-electron chi connectivity index (χ3n) is 3.87. The van der Waals surface area contributed by atoms with Crippen molar-refractivity contribution in [1.29, 1.82) is 0 Å². The summed E-state index contributed by atoms with van der Waals surface area (Å²) in [6, 6.07) is 0.0769. The molecule has 1 unspecified atom stereocenters. The Morgan fingerprint density at radius 2 is 2.00 bits per heavy atom. The second-order valence-corrected chi connectivity index (χ2v) is 7.61. The lowest BCUT2D eigenvalue weighted by Gasteiger charge is -2.35. The first-order valence-electron chi connectivity index (χ1n) is 7.59. The lowest BCUT2D eigenvalue weighted by Crippen LogP contribution is -2.52. The van der Waals surface area contributed by atoms with E-state index < -0.39 is 10.0 Å². The molecule has 0 aromatic rings. The predicted molar refractivity (Wildman–Crippen MR) is 79.5 cm³/mol. The average Bonchev–Trinajstić information content (AvgIpc) is 2.48. The molecule has 0 radical (unpaired) electrons. The summed E-state index contributed by atoms with van der Waals surface area (Å²) in [5.41, 5.74) is 0. The van der Waals surface area contributed by atoms with Crippen molar-refractivity contribution in [2.75, 3.05) is 51.7 Å². The van der Waals surface area contributed by atoms with E-state index in [1.165, 1.54) is 4.31 Å². The topological polar surface area (TPSA) is 79.0 Å². The van der Waals surface area contributed by atoms with Crippen molar-refractivity contribution in [2.24, 2.45) is 0 Å². The van der Waals surface area contributed by atoms with Crippen molar-refractivity contribution in [2.45, 2.75) is 25.8 Å². The molecule has 2 rings (SSSR count). The predicted octanol–water partition coefficient (Wildman–Crippen LogP) is -0.751. The third kappa shape index (κ3) is 4.64. The number of sulfonamides is 1. The zero-order valence-electron chi connectivity index (χ0n) is 12.6. The molecular formula is C13H25N3O4S. The summed E-state index contributed by atoms with van der Waals surface area (Å²) in [6.45, 7) is 5.67. The minimum absolute atomic E-state index is 0.0746. The van der Waals surface area contributed by atoms with Crippen LogP contribution >= 0.6 is 0 Å². The highest BCUT2D eigenvalue weighted by molar-refractivity contribution is 7.89. The second kappa shape index (κ2) is 7.53. The number of hydrogen-bond donors (Lipinski definition) is 1. The minimum Gasteiger partial charge on any atom is -0.378 e. The summed E-state index contributed by atoms with van der Waals surface area (Å²) >= 11 is 0. The number of rotatable bonds is 5. The largest absolute Gasteiger partial charge is 0.378 e. The van der Waals surface area contributed by atoms with Crippen molar-refractivity contribution >= 4 is 15.9 Å². The highest BCUT2D eigenvalue weighted by Crippen LogP contribution is 2.11. The van der Waals surface area contributed by atoms with Gasteiger partial charge in [0, 0.05) is 45.2 Å². The van der Waals surface area contributed by atoms with Gasteiger partial charge in [0.2, 0.25) is 15.9 Å². The molecule has 2 aliphatic heterocycles. The Bertz CT molecular complexity index is 440. The Balaban J connectivity index is 1.79. The summed E-state index contributed by atoms with van der Waals surface area (Å²) in [6.07, 6.45) is 1.04. The van der Waals surface area contributed by atoms with E-state index in [1.54, 1.807) is 4.90 Å². The van der Waals surface area contributed by atoms with Crippen LogP contribution in [0.4, 0.5) is 0 Å². The van der Waals surface area contributed by atoms with Crippen molar-refractivity contribution in [3.05, 3.63) is 0 Å². The number of morpholine rings is 1. The molecule has 0 aromatic heterocycles. The van der Waals surface area contributed by atoms with Gasteiger partial charge in [0.25, 0.3) is 0 Å². The summed E-state index contributed by atoms with van der Waals surface area (Å²) in [4.78, 5) is 14.0. The fraction of sp³-hybridized carbons (Fsp3) is 0.923. The SMILES string of the molecule is CCCS(=O)(=O)N1CCN(C(=O)CC2COCCN2)CC1. The zero-order valence-corrected chi connectivity index (χ0v) is 13.4. The Morgan fingerprint density at radius 3 is 2.57 bits per heavy atom. The second-order valence-electron chi connectivity index (χ2n) is 5.53. The van der Waals surface area contributed by atoms with Gasteiger partial charge in [-0.15, -0.1) is 0 Å². The lowest BCUT2D eigenvalue weighted by atomic mass is 10.1. The average molecular weight is 319 g/mol. The first-order chi connectivity index (χ1) is 10.0. The number of amides is 1. The van der Waals surface area contributed by atoms with Crippen molar-refractivity contribution < 1.29 is 17.9 Å². The first kappa shape index (κ1) is 16.7. The number of ether oxygens (including phenoxy) is 1. The zero-order chi connectivity index (χ0) is 15.3. The van der Waals surface area contributed by atoms with Gasteiger partial charge in [-0.05, 0) is 6.42 Å². The molecule has 8 heteroatoms. The fourth-order valence-corrected chi connectivity index (χ4v) is 4.19. The van der Waals surface area contributed by atoms with Gasteiger partial charge in [0.05, 0.1) is 19.0 Å². The lowest BCUT2D eigenvalue weighted by molar-refractivity contribution is -0.133. The third-order valence-corrected chi connectivity index (χ3v) is 5.94. The van der Waals surface area contributed by atoms with Crippen LogP contribution in [-0.4, -0.2) is 81.3 Å². The van der Waals surface area contributed by atoms with E-state index in [4.69, 9.17) is 4.74 Å². The summed E-state index contributed by atoms with van der Waals surface area (Å²) in [5.74, 6) is 0.259. The first-order valence-corrected chi connectivity index (χ1v) is 9.20. The maximum atomic E-state index is 12.2. The number of carbonyl (C=O) groups is 1. The Labute approximate surface area is 126 Å². The van der Waals surface area contributed by atoms with Crippen LogP contribution in [0.1, 0.15) is 19.8 Å². The molecule has 7 nitrogen and oxygen atoms in total. The van der Waals surface area contributed by atoms with Crippen molar-refractivity contribution in [3.63, 3.8) is 0 Å². The maximum Gasteiger partial charge on any atom is 0.224 e. The summed E-state index contributed by atoms with van der Waals surface area (Å²) in [7, 11) is -3.15. The van der Waals surface area contributed by atoms with E-state index in [1.807, 2.05) is 6.92 Å². The number of hydrogen-bond acceptors (Lipinski definition) is 5. The van der Waals surface area contributed by atoms with Crippen LogP contribution < -0.4 is 5.32 Å². The smallest absolute Gasteiger partial charge is 0.224 e. The van der Waals surface area contributed by atoms with Gasteiger partial charge in [-0.1, -0.05) is 6.92 Å². The Kier molecular flexibility index (Phi) is 5.98. The van der Waals surface area contributed by atoms with Gasteiger partial charge >= 0.3 is 0 Å². The molecule has 0 bridgehead atoms. The molecule has 2 aliphatic rings. The van der Waals surface area contributed by atoms with Gasteiger partial charge in [-0.3, -0.25) is 4.79 Å². The van der Waals surface area contributed by atoms with E-state index in [-0.39, 0.29) is 17.7 Å². The number of piperazine rings is 1. The molecule has 0 aliphatic carbocycles. The van der Waals surface area contributed by atoms with Crippen LogP contribution in [0.5, 0.6) is 0 Å². The molecule has 2 saturated heterocycles. The molecule has 1 atom stereocenters. The summed E-state index contributed by atoms with van der Waals surface area (Å²) < 4.78 is 30.8. The molecule has 1 amide bonds. The van der Waals surface area contributed by atoms with Gasteiger partial charge in [0.15, 0.2) is 0 Å². The van der Waals surface area contributed by atoms with Crippen LogP contribution in [0.15, 0.2) is 0 Å². The van der Waals surface area contributed by atoms with E-state index in [0.29, 0.717) is 52.2 Å². The molecule has 122 valence electrons. The molecular weight excluding hydrogens is 294 g/mol. The molecule has 0 saturated carbocycles. The molecule has 2 fully saturated rings.